The lowest BCUT2D eigenvalue weighted by Gasteiger charge is -2.21. The number of aryl methyl sites for hydroxylation is 1. The molecular formula is C8H13ClN4O. The molecule has 0 radical (unpaired) electrons. The zero-order valence-electron chi connectivity index (χ0n) is 8.11. The highest BCUT2D eigenvalue weighted by atomic mass is 35.5. The quantitative estimate of drug-likeness (QED) is 0.687. The van der Waals surface area contributed by atoms with Crippen LogP contribution in [0.25, 0.3) is 0 Å². The molecule has 0 N–H and O–H groups in total. The molecule has 1 aromatic rings. The number of hydrogen-bond acceptors (Lipinski definition) is 4. The van der Waals surface area contributed by atoms with Crippen molar-refractivity contribution in [2.75, 3.05) is 19.1 Å². The number of ether oxygens (including phenoxy) is 1. The topological polar surface area (TPSA) is 52.8 Å². The first-order valence-electron chi connectivity index (χ1n) is 4.61. The van der Waals surface area contributed by atoms with Gasteiger partial charge in [0, 0.05) is 24.3 Å². The van der Waals surface area contributed by atoms with Crippen molar-refractivity contribution in [2.45, 2.75) is 12.8 Å². The molecular weight excluding hydrogens is 204 g/mol. The predicted octanol–water partition coefficient (Wildman–Crippen LogP) is 0.398. The Bertz CT molecular complexity index is 308. The third-order valence-electron chi connectivity index (χ3n) is 2.55. The fraction of sp³-hybridized carbons (Fsp3) is 0.875. The summed E-state index contributed by atoms with van der Waals surface area (Å²) in [6, 6.07) is 0. The lowest BCUT2D eigenvalue weighted by atomic mass is 9.86. The zero-order valence-corrected chi connectivity index (χ0v) is 8.87. The van der Waals surface area contributed by atoms with Crippen LogP contribution in [-0.2, 0) is 18.2 Å². The number of alkyl halides is 1. The fourth-order valence-corrected chi connectivity index (χ4v) is 1.98. The summed E-state index contributed by atoms with van der Waals surface area (Å²) in [6.07, 6.45) is 1.74. The van der Waals surface area contributed by atoms with Crippen LogP contribution in [0, 0.1) is 5.41 Å². The van der Waals surface area contributed by atoms with Gasteiger partial charge in [0.25, 0.3) is 0 Å². The van der Waals surface area contributed by atoms with Gasteiger partial charge < -0.3 is 4.74 Å². The van der Waals surface area contributed by atoms with Gasteiger partial charge in [0.1, 0.15) is 0 Å². The summed E-state index contributed by atoms with van der Waals surface area (Å²) < 4.78 is 5.36. The van der Waals surface area contributed by atoms with Gasteiger partial charge in [0.2, 0.25) is 0 Å². The first-order valence-corrected chi connectivity index (χ1v) is 5.14. The molecule has 14 heavy (non-hydrogen) atoms. The average Bonchev–Trinajstić information content (AvgIpc) is 2.77. The van der Waals surface area contributed by atoms with Crippen LogP contribution < -0.4 is 0 Å². The van der Waals surface area contributed by atoms with Gasteiger partial charge >= 0.3 is 0 Å². The van der Waals surface area contributed by atoms with Gasteiger partial charge in [-0.25, -0.2) is 0 Å². The third kappa shape index (κ3) is 1.88. The van der Waals surface area contributed by atoms with Crippen molar-refractivity contribution in [3.05, 3.63) is 5.82 Å². The van der Waals surface area contributed by atoms with E-state index < -0.39 is 0 Å². The van der Waals surface area contributed by atoms with Gasteiger partial charge in [0.15, 0.2) is 5.82 Å². The number of hydrogen-bond donors (Lipinski definition) is 0. The van der Waals surface area contributed by atoms with Crippen molar-refractivity contribution in [3.8, 4) is 0 Å². The first-order chi connectivity index (χ1) is 6.74. The van der Waals surface area contributed by atoms with Crippen molar-refractivity contribution >= 4 is 11.6 Å². The van der Waals surface area contributed by atoms with Gasteiger partial charge in [-0.1, -0.05) is 0 Å². The van der Waals surface area contributed by atoms with E-state index in [-0.39, 0.29) is 5.41 Å². The summed E-state index contributed by atoms with van der Waals surface area (Å²) in [5.41, 5.74) is 0.0184. The number of tetrazole rings is 1. The lowest BCUT2D eigenvalue weighted by Crippen LogP contribution is -2.26. The maximum atomic E-state index is 5.96. The molecule has 1 aromatic heterocycles. The average molecular weight is 217 g/mol. The van der Waals surface area contributed by atoms with E-state index in [0.29, 0.717) is 12.5 Å². The van der Waals surface area contributed by atoms with E-state index in [4.69, 9.17) is 16.3 Å². The molecule has 0 aliphatic carbocycles. The maximum Gasteiger partial charge on any atom is 0.175 e. The van der Waals surface area contributed by atoms with Crippen LogP contribution in [0.5, 0.6) is 0 Å². The highest BCUT2D eigenvalue weighted by Gasteiger charge is 2.35. The Kier molecular flexibility index (Phi) is 2.69. The van der Waals surface area contributed by atoms with Crippen molar-refractivity contribution in [1.29, 1.82) is 0 Å². The summed E-state index contributed by atoms with van der Waals surface area (Å²) in [6.45, 7) is 1.49. The number of rotatable bonds is 3. The molecule has 1 aliphatic heterocycles. The van der Waals surface area contributed by atoms with Gasteiger partial charge in [-0.2, -0.15) is 4.80 Å². The molecule has 0 bridgehead atoms. The van der Waals surface area contributed by atoms with Crippen LogP contribution in [-0.4, -0.2) is 39.3 Å². The minimum atomic E-state index is 0.0184. The fourth-order valence-electron chi connectivity index (χ4n) is 1.67. The van der Waals surface area contributed by atoms with Crippen molar-refractivity contribution in [3.63, 3.8) is 0 Å². The molecule has 2 rings (SSSR count). The Morgan fingerprint density at radius 2 is 2.50 bits per heavy atom. The van der Waals surface area contributed by atoms with E-state index >= 15 is 0 Å². The normalized spacial score (nSPS) is 27.0. The maximum absolute atomic E-state index is 5.96. The summed E-state index contributed by atoms with van der Waals surface area (Å²) >= 11 is 5.96. The molecule has 5 nitrogen and oxygen atoms in total. The summed E-state index contributed by atoms with van der Waals surface area (Å²) in [4.78, 5) is 1.47. The molecule has 0 amide bonds. The molecule has 78 valence electrons. The van der Waals surface area contributed by atoms with E-state index in [0.717, 1.165) is 25.3 Å². The second-order valence-corrected chi connectivity index (χ2v) is 4.08. The Morgan fingerprint density at radius 3 is 3.00 bits per heavy atom. The van der Waals surface area contributed by atoms with E-state index in [2.05, 4.69) is 15.4 Å². The number of halogens is 1. The Balaban J connectivity index is 2.08. The number of nitrogens with zero attached hydrogens (tertiary/aromatic N) is 4. The zero-order chi connectivity index (χ0) is 10.0. The Labute approximate surface area is 87.4 Å². The molecule has 6 heteroatoms. The molecule has 1 saturated heterocycles. The highest BCUT2D eigenvalue weighted by molar-refractivity contribution is 6.18. The minimum absolute atomic E-state index is 0.0184. The minimum Gasteiger partial charge on any atom is -0.381 e. The molecule has 0 saturated carbocycles. The van der Waals surface area contributed by atoms with E-state index in [1.165, 1.54) is 4.80 Å². The van der Waals surface area contributed by atoms with Crippen LogP contribution in [0.2, 0.25) is 0 Å². The van der Waals surface area contributed by atoms with Crippen molar-refractivity contribution < 1.29 is 4.74 Å². The predicted molar refractivity (Wildman–Crippen MR) is 51.1 cm³/mol. The van der Waals surface area contributed by atoms with Crippen LogP contribution in [0.3, 0.4) is 0 Å². The second-order valence-electron chi connectivity index (χ2n) is 3.81. The van der Waals surface area contributed by atoms with Gasteiger partial charge in [0.05, 0.1) is 13.7 Å². The van der Waals surface area contributed by atoms with Gasteiger partial charge in [-0.05, 0) is 11.6 Å². The monoisotopic (exact) mass is 216 g/mol. The van der Waals surface area contributed by atoms with Crippen LogP contribution in [0.15, 0.2) is 0 Å². The smallest absolute Gasteiger partial charge is 0.175 e. The van der Waals surface area contributed by atoms with E-state index in [1.807, 2.05) is 0 Å². The van der Waals surface area contributed by atoms with Gasteiger partial charge in [-0.3, -0.25) is 0 Å². The lowest BCUT2D eigenvalue weighted by molar-refractivity contribution is 0.160. The van der Waals surface area contributed by atoms with E-state index in [1.54, 1.807) is 7.05 Å². The van der Waals surface area contributed by atoms with Crippen molar-refractivity contribution in [2.24, 2.45) is 12.5 Å². The summed E-state index contributed by atoms with van der Waals surface area (Å²) in [7, 11) is 1.76. The third-order valence-corrected chi connectivity index (χ3v) is 3.12. The molecule has 2 heterocycles. The molecule has 0 spiro atoms. The molecule has 1 aliphatic rings. The van der Waals surface area contributed by atoms with Gasteiger partial charge in [-0.15, -0.1) is 21.8 Å². The molecule has 0 aromatic carbocycles. The molecule has 1 atom stereocenters. The second kappa shape index (κ2) is 3.82. The highest BCUT2D eigenvalue weighted by Crippen LogP contribution is 2.32. The largest absolute Gasteiger partial charge is 0.381 e. The first kappa shape index (κ1) is 9.86. The standard InChI is InChI=1S/C8H13ClN4O/c1-13-11-7(10-12-13)4-8(5-9)2-3-14-6-8/h2-6H2,1H3. The Hall–Kier alpha value is -0.680. The van der Waals surface area contributed by atoms with Crippen LogP contribution in [0.1, 0.15) is 12.2 Å². The number of aromatic nitrogens is 4. The molecule has 1 fully saturated rings. The van der Waals surface area contributed by atoms with Crippen LogP contribution in [0.4, 0.5) is 0 Å². The summed E-state index contributed by atoms with van der Waals surface area (Å²) in [5.74, 6) is 1.34. The summed E-state index contributed by atoms with van der Waals surface area (Å²) in [5, 5.41) is 11.9. The van der Waals surface area contributed by atoms with Crippen molar-refractivity contribution in [1.82, 2.24) is 20.2 Å². The Morgan fingerprint density at radius 1 is 1.64 bits per heavy atom. The SMILES string of the molecule is Cn1nnc(CC2(CCl)CCOC2)n1. The molecule has 1 unspecified atom stereocenters. The van der Waals surface area contributed by atoms with E-state index in [9.17, 15) is 0 Å². The van der Waals surface area contributed by atoms with Crippen LogP contribution >= 0.6 is 11.6 Å².